The van der Waals surface area contributed by atoms with E-state index in [1.807, 2.05) is 34.6 Å². The number of nitrogens with zero attached hydrogens (tertiary/aromatic N) is 2. The average molecular weight is 295 g/mol. The van der Waals surface area contributed by atoms with Crippen LogP contribution in [0, 0.1) is 5.41 Å². The van der Waals surface area contributed by atoms with Gasteiger partial charge >= 0.3 is 5.97 Å². The Labute approximate surface area is 125 Å². The van der Waals surface area contributed by atoms with Crippen molar-refractivity contribution in [2.24, 2.45) is 5.41 Å². The lowest BCUT2D eigenvalue weighted by Crippen LogP contribution is -2.33. The molecule has 0 fully saturated rings. The second-order valence-electron chi connectivity index (χ2n) is 6.79. The van der Waals surface area contributed by atoms with Crippen LogP contribution in [0.15, 0.2) is 17.2 Å². The quantitative estimate of drug-likeness (QED) is 0.842. The third-order valence-corrected chi connectivity index (χ3v) is 3.04. The van der Waals surface area contributed by atoms with Gasteiger partial charge < -0.3 is 15.0 Å². The van der Waals surface area contributed by atoms with Gasteiger partial charge in [-0.1, -0.05) is 20.8 Å². The van der Waals surface area contributed by atoms with Crippen LogP contribution in [0.25, 0.3) is 0 Å². The zero-order valence-corrected chi connectivity index (χ0v) is 13.4. The summed E-state index contributed by atoms with van der Waals surface area (Å²) in [7, 11) is 0. The van der Waals surface area contributed by atoms with Crippen molar-refractivity contribution in [1.29, 1.82) is 0 Å². The van der Waals surface area contributed by atoms with Crippen molar-refractivity contribution in [2.45, 2.75) is 59.5 Å². The lowest BCUT2D eigenvalue weighted by Gasteiger charge is -2.26. The van der Waals surface area contributed by atoms with E-state index in [1.54, 1.807) is 17.0 Å². The van der Waals surface area contributed by atoms with Gasteiger partial charge in [-0.05, 0) is 25.7 Å². The molecule has 0 saturated carbocycles. The van der Waals surface area contributed by atoms with Crippen molar-refractivity contribution in [3.63, 3.8) is 0 Å². The molecule has 1 atom stereocenters. The Bertz CT molecular complexity index is 544. The minimum absolute atomic E-state index is 0.0292. The summed E-state index contributed by atoms with van der Waals surface area (Å²) in [5.74, 6) is -0.682. The number of hydrogen-bond acceptors (Lipinski definition) is 4. The van der Waals surface area contributed by atoms with Crippen LogP contribution in [0.3, 0.4) is 0 Å². The summed E-state index contributed by atoms with van der Waals surface area (Å²) in [6, 6.07) is -0.299. The molecule has 0 amide bonds. The highest BCUT2D eigenvalue weighted by molar-refractivity contribution is 5.68. The Morgan fingerprint density at radius 1 is 1.43 bits per heavy atom. The Balaban J connectivity index is 3.01. The molecule has 1 aromatic rings. The van der Waals surface area contributed by atoms with Gasteiger partial charge in [-0.2, -0.15) is 0 Å². The van der Waals surface area contributed by atoms with E-state index in [0.717, 1.165) is 0 Å². The van der Waals surface area contributed by atoms with E-state index < -0.39 is 5.97 Å². The van der Waals surface area contributed by atoms with Crippen molar-refractivity contribution in [3.05, 3.63) is 22.7 Å². The van der Waals surface area contributed by atoms with Gasteiger partial charge in [-0.25, -0.2) is 4.98 Å². The van der Waals surface area contributed by atoms with Crippen molar-refractivity contribution in [2.75, 3.05) is 5.32 Å². The number of hydrogen-bond donors (Lipinski definition) is 2. The first-order chi connectivity index (χ1) is 9.60. The van der Waals surface area contributed by atoms with Crippen molar-refractivity contribution in [1.82, 2.24) is 9.55 Å². The lowest BCUT2D eigenvalue weighted by molar-refractivity contribution is -0.137. The summed E-state index contributed by atoms with van der Waals surface area (Å²) >= 11 is 0. The molecule has 1 aromatic heterocycles. The van der Waals surface area contributed by atoms with Crippen LogP contribution in [0.1, 0.15) is 53.5 Å². The second-order valence-corrected chi connectivity index (χ2v) is 6.79. The van der Waals surface area contributed by atoms with E-state index in [2.05, 4.69) is 10.3 Å². The first-order valence-corrected chi connectivity index (χ1v) is 7.15. The Kier molecular flexibility index (Phi) is 5.52. The molecule has 0 aromatic carbocycles. The number of aliphatic carboxylic acids is 1. The smallest absolute Gasteiger partial charge is 0.305 e. The summed E-state index contributed by atoms with van der Waals surface area (Å²) in [4.78, 5) is 27.4. The molecule has 0 aliphatic carbocycles. The maximum absolute atomic E-state index is 12.3. The minimum atomic E-state index is -0.892. The standard InChI is InChI=1S/C15H25N3O3/c1-10(2)18-7-6-16-13(14(18)21)17-11(8-12(19)20)9-15(3,4)5/h6-7,10-11H,8-9H2,1-5H3,(H,16,17)(H,19,20). The second kappa shape index (κ2) is 6.74. The van der Waals surface area contributed by atoms with Crippen LogP contribution in [-0.2, 0) is 4.79 Å². The number of carboxylic acids is 1. The fourth-order valence-electron chi connectivity index (χ4n) is 2.25. The third kappa shape index (κ3) is 5.57. The normalized spacial score (nSPS) is 13.2. The summed E-state index contributed by atoms with van der Waals surface area (Å²) < 4.78 is 1.57. The van der Waals surface area contributed by atoms with E-state index in [-0.39, 0.29) is 35.3 Å². The first kappa shape index (κ1) is 17.2. The number of rotatable bonds is 6. The molecule has 1 unspecified atom stereocenters. The van der Waals surface area contributed by atoms with Crippen molar-refractivity contribution < 1.29 is 9.90 Å². The highest BCUT2D eigenvalue weighted by Crippen LogP contribution is 2.23. The van der Waals surface area contributed by atoms with Crippen molar-refractivity contribution in [3.8, 4) is 0 Å². The fourth-order valence-corrected chi connectivity index (χ4v) is 2.25. The fraction of sp³-hybridized carbons (Fsp3) is 0.667. The largest absolute Gasteiger partial charge is 0.481 e. The molecule has 6 heteroatoms. The average Bonchev–Trinajstić information content (AvgIpc) is 2.28. The predicted molar refractivity (Wildman–Crippen MR) is 82.6 cm³/mol. The number of aromatic nitrogens is 2. The van der Waals surface area contributed by atoms with E-state index in [1.165, 1.54) is 0 Å². The number of anilines is 1. The van der Waals surface area contributed by atoms with E-state index in [0.29, 0.717) is 6.42 Å². The molecule has 0 bridgehead atoms. The molecular formula is C15H25N3O3. The molecule has 0 spiro atoms. The van der Waals surface area contributed by atoms with Gasteiger partial charge in [0.1, 0.15) is 0 Å². The molecule has 118 valence electrons. The van der Waals surface area contributed by atoms with E-state index in [9.17, 15) is 9.59 Å². The van der Waals surface area contributed by atoms with E-state index >= 15 is 0 Å². The van der Waals surface area contributed by atoms with Crippen LogP contribution in [0.2, 0.25) is 0 Å². The molecule has 1 rings (SSSR count). The van der Waals surface area contributed by atoms with Crippen molar-refractivity contribution >= 4 is 11.8 Å². The predicted octanol–water partition coefficient (Wildman–Crippen LogP) is 2.52. The van der Waals surface area contributed by atoms with Crippen LogP contribution >= 0.6 is 0 Å². The summed E-state index contributed by atoms with van der Waals surface area (Å²) in [6.07, 6.45) is 3.78. The molecule has 21 heavy (non-hydrogen) atoms. The monoisotopic (exact) mass is 295 g/mol. The zero-order valence-electron chi connectivity index (χ0n) is 13.4. The molecule has 2 N–H and O–H groups in total. The van der Waals surface area contributed by atoms with Gasteiger partial charge in [-0.15, -0.1) is 0 Å². The van der Waals surface area contributed by atoms with E-state index in [4.69, 9.17) is 5.11 Å². The summed E-state index contributed by atoms with van der Waals surface area (Å²) in [6.45, 7) is 9.93. The third-order valence-electron chi connectivity index (χ3n) is 3.04. The zero-order chi connectivity index (χ0) is 16.2. The molecule has 6 nitrogen and oxygen atoms in total. The van der Waals surface area contributed by atoms with Gasteiger partial charge in [-0.3, -0.25) is 9.59 Å². The molecular weight excluding hydrogens is 270 g/mol. The van der Waals surface area contributed by atoms with Crippen LogP contribution in [0.5, 0.6) is 0 Å². The molecule has 0 radical (unpaired) electrons. The number of nitrogens with one attached hydrogen (secondary N) is 1. The molecule has 0 saturated heterocycles. The number of carboxylic acid groups (broad SMARTS) is 1. The molecule has 1 heterocycles. The molecule has 0 aliphatic rings. The number of carbonyl (C=O) groups is 1. The van der Waals surface area contributed by atoms with Gasteiger partial charge in [0.2, 0.25) is 0 Å². The highest BCUT2D eigenvalue weighted by atomic mass is 16.4. The molecule has 0 aliphatic heterocycles. The van der Waals surface area contributed by atoms with Gasteiger partial charge in [0.25, 0.3) is 5.56 Å². The summed E-state index contributed by atoms with van der Waals surface area (Å²) in [5.41, 5.74) is -0.268. The van der Waals surface area contributed by atoms with Crippen LogP contribution < -0.4 is 10.9 Å². The Hall–Kier alpha value is -1.85. The maximum Gasteiger partial charge on any atom is 0.305 e. The van der Waals surface area contributed by atoms with Crippen LogP contribution in [-0.4, -0.2) is 26.7 Å². The van der Waals surface area contributed by atoms with Gasteiger partial charge in [0.15, 0.2) is 5.82 Å². The lowest BCUT2D eigenvalue weighted by atomic mass is 9.87. The maximum atomic E-state index is 12.3. The highest BCUT2D eigenvalue weighted by Gasteiger charge is 2.22. The SMILES string of the molecule is CC(C)n1ccnc(NC(CC(=O)O)CC(C)(C)C)c1=O. The van der Waals surface area contributed by atoms with Gasteiger partial charge in [0.05, 0.1) is 6.42 Å². The Morgan fingerprint density at radius 2 is 2.05 bits per heavy atom. The summed E-state index contributed by atoms with van der Waals surface area (Å²) in [5, 5.41) is 12.0. The first-order valence-electron chi connectivity index (χ1n) is 7.15. The minimum Gasteiger partial charge on any atom is -0.481 e. The Morgan fingerprint density at radius 3 is 2.52 bits per heavy atom. The van der Waals surface area contributed by atoms with Crippen LogP contribution in [0.4, 0.5) is 5.82 Å². The van der Waals surface area contributed by atoms with Gasteiger partial charge in [0, 0.05) is 24.5 Å². The topological polar surface area (TPSA) is 84.2 Å².